The second-order valence-corrected chi connectivity index (χ2v) is 10.1. The highest BCUT2D eigenvalue weighted by atomic mass is 16.2. The van der Waals surface area contributed by atoms with E-state index in [4.69, 9.17) is 0 Å². The van der Waals surface area contributed by atoms with E-state index in [1.54, 1.807) is 6.20 Å². The molecule has 32 heavy (non-hydrogen) atoms. The number of pyridine rings is 1. The number of rotatable bonds is 7. The average molecular weight is 442 g/mol. The number of likely N-dealkylation sites (tertiary alicyclic amines) is 2. The summed E-state index contributed by atoms with van der Waals surface area (Å²) in [6.07, 6.45) is 12.0. The molecular weight excluding hydrogens is 402 g/mol. The fourth-order valence-electron chi connectivity index (χ4n) is 5.42. The van der Waals surface area contributed by atoms with Gasteiger partial charge in [0.2, 0.25) is 11.8 Å². The number of hydrogen-bond acceptors (Lipinski definition) is 5. The first-order chi connectivity index (χ1) is 15.5. The van der Waals surface area contributed by atoms with Crippen LogP contribution in [0, 0.1) is 11.8 Å². The van der Waals surface area contributed by atoms with Crippen molar-refractivity contribution in [2.24, 2.45) is 11.8 Å². The van der Waals surface area contributed by atoms with Crippen LogP contribution in [0.3, 0.4) is 0 Å². The second-order valence-electron chi connectivity index (χ2n) is 10.1. The Bertz CT molecular complexity index is 767. The van der Waals surface area contributed by atoms with E-state index in [2.05, 4.69) is 39.4 Å². The molecule has 3 aliphatic rings. The van der Waals surface area contributed by atoms with Gasteiger partial charge in [0.05, 0.1) is 5.92 Å². The van der Waals surface area contributed by atoms with Gasteiger partial charge in [-0.05, 0) is 63.6 Å². The molecule has 2 fully saturated rings. The lowest BCUT2D eigenvalue weighted by molar-refractivity contribution is -0.139. The zero-order valence-electron chi connectivity index (χ0n) is 19.7. The van der Waals surface area contributed by atoms with Gasteiger partial charge >= 0.3 is 0 Å². The summed E-state index contributed by atoms with van der Waals surface area (Å²) in [5.41, 5.74) is 2.14. The van der Waals surface area contributed by atoms with Gasteiger partial charge in [0, 0.05) is 56.7 Å². The van der Waals surface area contributed by atoms with Crippen molar-refractivity contribution in [3.05, 3.63) is 24.0 Å². The molecule has 1 aromatic rings. The van der Waals surface area contributed by atoms with E-state index in [1.807, 2.05) is 12.3 Å². The molecule has 2 N–H and O–H groups in total. The molecule has 4 heterocycles. The number of aromatic nitrogens is 1. The first-order valence-electron chi connectivity index (χ1n) is 12.5. The monoisotopic (exact) mass is 441 g/mol. The summed E-state index contributed by atoms with van der Waals surface area (Å²) < 4.78 is 0. The fourth-order valence-corrected chi connectivity index (χ4v) is 5.42. The van der Waals surface area contributed by atoms with Gasteiger partial charge in [-0.15, -0.1) is 0 Å². The zero-order chi connectivity index (χ0) is 22.5. The number of unbranched alkanes of at least 4 members (excludes halogenated alkanes) is 1. The molecule has 176 valence electrons. The Labute approximate surface area is 192 Å². The maximum Gasteiger partial charge on any atom is 0.242 e. The van der Waals surface area contributed by atoms with Gasteiger partial charge in [0.1, 0.15) is 6.04 Å². The number of carbonyl (C=O) groups excluding carboxylic acids is 2. The van der Waals surface area contributed by atoms with Gasteiger partial charge in [-0.3, -0.25) is 14.6 Å². The molecule has 0 spiro atoms. The van der Waals surface area contributed by atoms with E-state index < -0.39 is 0 Å². The van der Waals surface area contributed by atoms with E-state index in [-0.39, 0.29) is 17.9 Å². The molecule has 7 nitrogen and oxygen atoms in total. The number of anilines is 1. The predicted molar refractivity (Wildman–Crippen MR) is 126 cm³/mol. The summed E-state index contributed by atoms with van der Waals surface area (Å²) in [5, 5.41) is 6.36. The molecule has 0 radical (unpaired) electrons. The summed E-state index contributed by atoms with van der Waals surface area (Å²) >= 11 is 0. The van der Waals surface area contributed by atoms with Crippen LogP contribution < -0.4 is 10.6 Å². The van der Waals surface area contributed by atoms with Crippen molar-refractivity contribution < 1.29 is 9.59 Å². The Morgan fingerprint density at radius 2 is 2.00 bits per heavy atom. The number of nitrogens with zero attached hydrogens (tertiary/aromatic N) is 3. The van der Waals surface area contributed by atoms with Crippen molar-refractivity contribution in [3.8, 4) is 0 Å². The number of carbonyl (C=O) groups is 2. The average Bonchev–Trinajstić information content (AvgIpc) is 3.25. The second kappa shape index (κ2) is 10.6. The SMILES string of the molecule is CC1CCC(C(=O)N2CCC(CCCCNC(=O)C3Cc4cnccc4N3)CC2)CN1C. The molecule has 2 saturated heterocycles. The maximum atomic E-state index is 12.9. The summed E-state index contributed by atoms with van der Waals surface area (Å²) in [6.45, 7) is 5.72. The van der Waals surface area contributed by atoms with E-state index in [1.165, 1.54) is 6.42 Å². The van der Waals surface area contributed by atoms with Crippen LogP contribution in [0.15, 0.2) is 18.5 Å². The van der Waals surface area contributed by atoms with E-state index in [0.29, 0.717) is 24.3 Å². The van der Waals surface area contributed by atoms with E-state index in [0.717, 1.165) is 76.0 Å². The van der Waals surface area contributed by atoms with Crippen molar-refractivity contribution in [2.75, 3.05) is 38.5 Å². The summed E-state index contributed by atoms with van der Waals surface area (Å²) in [5.74, 6) is 1.36. The summed E-state index contributed by atoms with van der Waals surface area (Å²) in [4.78, 5) is 33.9. The maximum absolute atomic E-state index is 12.9. The Kier molecular flexibility index (Phi) is 7.66. The van der Waals surface area contributed by atoms with Gasteiger partial charge in [0.15, 0.2) is 0 Å². The molecule has 1 aromatic heterocycles. The van der Waals surface area contributed by atoms with Gasteiger partial charge in [0.25, 0.3) is 0 Å². The van der Waals surface area contributed by atoms with Crippen LogP contribution in [0.1, 0.15) is 57.4 Å². The van der Waals surface area contributed by atoms with Gasteiger partial charge in [-0.1, -0.05) is 12.8 Å². The molecule has 2 amide bonds. The van der Waals surface area contributed by atoms with Crippen LogP contribution >= 0.6 is 0 Å². The summed E-state index contributed by atoms with van der Waals surface area (Å²) in [6, 6.07) is 2.34. The smallest absolute Gasteiger partial charge is 0.242 e. The van der Waals surface area contributed by atoms with Crippen molar-refractivity contribution >= 4 is 17.5 Å². The third-order valence-corrected chi connectivity index (χ3v) is 7.78. The van der Waals surface area contributed by atoms with Gasteiger partial charge in [-0.2, -0.15) is 0 Å². The highest BCUT2D eigenvalue weighted by Gasteiger charge is 2.32. The fraction of sp³-hybridized carbons (Fsp3) is 0.720. The molecule has 3 unspecified atom stereocenters. The Balaban J connectivity index is 1.07. The molecule has 0 saturated carbocycles. The van der Waals surface area contributed by atoms with Crippen LogP contribution in [-0.4, -0.2) is 71.9 Å². The van der Waals surface area contributed by atoms with Crippen LogP contribution in [0.5, 0.6) is 0 Å². The van der Waals surface area contributed by atoms with Crippen molar-refractivity contribution in [1.29, 1.82) is 0 Å². The van der Waals surface area contributed by atoms with Crippen LogP contribution in [0.25, 0.3) is 0 Å². The minimum Gasteiger partial charge on any atom is -0.373 e. The first-order valence-corrected chi connectivity index (χ1v) is 12.5. The minimum absolute atomic E-state index is 0.0794. The molecule has 3 aliphatic heterocycles. The van der Waals surface area contributed by atoms with Crippen molar-refractivity contribution in [1.82, 2.24) is 20.1 Å². The lowest BCUT2D eigenvalue weighted by Crippen LogP contribution is -2.48. The largest absolute Gasteiger partial charge is 0.373 e. The van der Waals surface area contributed by atoms with E-state index in [9.17, 15) is 9.59 Å². The molecule has 4 rings (SSSR count). The number of nitrogens with one attached hydrogen (secondary N) is 2. The van der Waals surface area contributed by atoms with Crippen LogP contribution in [0.2, 0.25) is 0 Å². The third-order valence-electron chi connectivity index (χ3n) is 7.78. The zero-order valence-corrected chi connectivity index (χ0v) is 19.7. The predicted octanol–water partition coefficient (Wildman–Crippen LogP) is 2.67. The number of amides is 2. The van der Waals surface area contributed by atoms with Crippen molar-refractivity contribution in [2.45, 2.75) is 70.4 Å². The molecular formula is C25H39N5O2. The number of piperidine rings is 2. The third kappa shape index (κ3) is 5.61. The molecule has 0 bridgehead atoms. The lowest BCUT2D eigenvalue weighted by Gasteiger charge is -2.39. The quantitative estimate of drug-likeness (QED) is 0.636. The highest BCUT2D eigenvalue weighted by Crippen LogP contribution is 2.27. The standard InChI is InChI=1S/C25H39N5O2/c1-18-6-7-20(17-29(18)2)25(32)30-13-9-19(10-14-30)5-3-4-11-27-24(31)23-15-21-16-26-12-8-22(21)28-23/h8,12,16,18-20,23,28H,3-7,9-11,13-15,17H2,1-2H3,(H,27,31). The number of hydrogen-bond donors (Lipinski definition) is 2. The Hall–Kier alpha value is -2.15. The minimum atomic E-state index is -0.178. The normalized spacial score (nSPS) is 26.4. The van der Waals surface area contributed by atoms with Gasteiger partial charge < -0.3 is 20.4 Å². The highest BCUT2D eigenvalue weighted by molar-refractivity contribution is 5.87. The topological polar surface area (TPSA) is 77.6 Å². The summed E-state index contributed by atoms with van der Waals surface area (Å²) in [7, 11) is 2.14. The van der Waals surface area contributed by atoms with Crippen LogP contribution in [0.4, 0.5) is 5.69 Å². The molecule has 7 heteroatoms. The Morgan fingerprint density at radius 1 is 1.19 bits per heavy atom. The molecule has 3 atom stereocenters. The van der Waals surface area contributed by atoms with Crippen molar-refractivity contribution in [3.63, 3.8) is 0 Å². The van der Waals surface area contributed by atoms with E-state index >= 15 is 0 Å². The van der Waals surface area contributed by atoms with Crippen LogP contribution in [-0.2, 0) is 16.0 Å². The van der Waals surface area contributed by atoms with Gasteiger partial charge in [-0.25, -0.2) is 0 Å². The number of fused-ring (bicyclic) bond motifs is 1. The molecule has 0 aliphatic carbocycles. The first kappa shape index (κ1) is 23.0. The lowest BCUT2D eigenvalue weighted by atomic mass is 9.89. The Morgan fingerprint density at radius 3 is 2.75 bits per heavy atom. The molecule has 0 aromatic carbocycles.